The first-order valence-electron chi connectivity index (χ1n) is 7.88. The zero-order chi connectivity index (χ0) is 14.4. The molecule has 0 saturated carbocycles. The molecule has 2 rings (SSSR count). The van der Waals surface area contributed by atoms with Gasteiger partial charge in [-0.05, 0) is 13.8 Å². The molecule has 5 nitrogen and oxygen atoms in total. The summed E-state index contributed by atoms with van der Waals surface area (Å²) in [6.45, 7) is 12.6. The van der Waals surface area contributed by atoms with E-state index in [0.29, 0.717) is 5.78 Å². The third-order valence-electron chi connectivity index (χ3n) is 4.23. The standard InChI is InChI=1S/C15H28N2O3/c1-3-19-7-5-16-9-13-11-17(6-8-20-4-2)12-14(10-16)15(13)18/h13-14H,3-12H2,1-2H3. The first-order valence-corrected chi connectivity index (χ1v) is 7.88. The highest BCUT2D eigenvalue weighted by Crippen LogP contribution is 2.25. The van der Waals surface area contributed by atoms with Gasteiger partial charge in [-0.1, -0.05) is 0 Å². The van der Waals surface area contributed by atoms with Crippen LogP contribution in [-0.2, 0) is 14.3 Å². The monoisotopic (exact) mass is 284 g/mol. The van der Waals surface area contributed by atoms with Crippen molar-refractivity contribution in [2.45, 2.75) is 13.8 Å². The first kappa shape index (κ1) is 15.9. The van der Waals surface area contributed by atoms with Crippen molar-refractivity contribution in [1.29, 1.82) is 0 Å². The molecule has 2 aliphatic heterocycles. The summed E-state index contributed by atoms with van der Waals surface area (Å²) in [6.07, 6.45) is 0. The number of hydrogen-bond acceptors (Lipinski definition) is 5. The molecular formula is C15H28N2O3. The zero-order valence-electron chi connectivity index (χ0n) is 12.8. The molecule has 116 valence electrons. The quantitative estimate of drug-likeness (QED) is 0.607. The Morgan fingerprint density at radius 1 is 0.900 bits per heavy atom. The number of hydrogen-bond donors (Lipinski definition) is 0. The van der Waals surface area contributed by atoms with Gasteiger partial charge in [-0.2, -0.15) is 0 Å². The van der Waals surface area contributed by atoms with Crippen LogP contribution in [0.1, 0.15) is 13.8 Å². The summed E-state index contributed by atoms with van der Waals surface area (Å²) in [6, 6.07) is 0. The van der Waals surface area contributed by atoms with Crippen LogP contribution in [0.4, 0.5) is 0 Å². The normalized spacial score (nSPS) is 28.0. The topological polar surface area (TPSA) is 42.0 Å². The molecule has 0 radical (unpaired) electrons. The number of piperidine rings is 2. The predicted molar refractivity (Wildman–Crippen MR) is 77.9 cm³/mol. The van der Waals surface area contributed by atoms with E-state index >= 15 is 0 Å². The molecule has 2 aliphatic rings. The molecule has 2 fully saturated rings. The van der Waals surface area contributed by atoms with Crippen molar-refractivity contribution in [1.82, 2.24) is 9.80 Å². The third kappa shape index (κ3) is 4.25. The largest absolute Gasteiger partial charge is 0.380 e. The van der Waals surface area contributed by atoms with E-state index in [1.54, 1.807) is 0 Å². The molecule has 0 unspecified atom stereocenters. The van der Waals surface area contributed by atoms with Gasteiger partial charge in [0.25, 0.3) is 0 Å². The molecule has 0 aliphatic carbocycles. The summed E-state index contributed by atoms with van der Waals surface area (Å²) in [5.74, 6) is 0.849. The summed E-state index contributed by atoms with van der Waals surface area (Å²) in [5, 5.41) is 0. The number of likely N-dealkylation sites (tertiary alicyclic amines) is 2. The van der Waals surface area contributed by atoms with Crippen molar-refractivity contribution in [3.8, 4) is 0 Å². The minimum atomic E-state index is 0.186. The Bertz CT molecular complexity index is 271. The van der Waals surface area contributed by atoms with Crippen LogP contribution in [0.25, 0.3) is 0 Å². The van der Waals surface area contributed by atoms with Crippen molar-refractivity contribution in [2.75, 3.05) is 65.7 Å². The van der Waals surface area contributed by atoms with E-state index in [1.165, 1.54) is 0 Å². The average molecular weight is 284 g/mol. The Morgan fingerprint density at radius 3 is 1.65 bits per heavy atom. The fourth-order valence-corrected chi connectivity index (χ4v) is 3.25. The summed E-state index contributed by atoms with van der Waals surface area (Å²) >= 11 is 0. The van der Waals surface area contributed by atoms with Crippen LogP contribution in [0.5, 0.6) is 0 Å². The minimum absolute atomic E-state index is 0.186. The lowest BCUT2D eigenvalue weighted by Crippen LogP contribution is -2.58. The minimum Gasteiger partial charge on any atom is -0.380 e. The molecule has 2 heterocycles. The van der Waals surface area contributed by atoms with Gasteiger partial charge >= 0.3 is 0 Å². The Balaban J connectivity index is 1.79. The molecule has 5 heteroatoms. The molecule has 0 amide bonds. The van der Waals surface area contributed by atoms with Gasteiger partial charge in [0.05, 0.1) is 13.2 Å². The summed E-state index contributed by atoms with van der Waals surface area (Å²) in [4.78, 5) is 17.0. The van der Waals surface area contributed by atoms with E-state index in [2.05, 4.69) is 9.80 Å². The van der Waals surface area contributed by atoms with E-state index in [-0.39, 0.29) is 11.8 Å². The van der Waals surface area contributed by atoms with Crippen LogP contribution < -0.4 is 0 Å². The van der Waals surface area contributed by atoms with E-state index < -0.39 is 0 Å². The predicted octanol–water partition coefficient (Wildman–Crippen LogP) is 0.492. The number of carbonyl (C=O) groups excluding carboxylic acids is 1. The van der Waals surface area contributed by atoms with Crippen LogP contribution in [0.2, 0.25) is 0 Å². The first-order chi connectivity index (χ1) is 9.74. The van der Waals surface area contributed by atoms with Crippen molar-refractivity contribution in [3.05, 3.63) is 0 Å². The maximum Gasteiger partial charge on any atom is 0.144 e. The van der Waals surface area contributed by atoms with Crippen molar-refractivity contribution >= 4 is 5.78 Å². The number of Topliss-reactive ketones (excluding diaryl/α,β-unsaturated/α-hetero) is 1. The van der Waals surface area contributed by atoms with E-state index in [9.17, 15) is 4.79 Å². The molecule has 2 saturated heterocycles. The summed E-state index contributed by atoms with van der Waals surface area (Å²) in [7, 11) is 0. The van der Waals surface area contributed by atoms with E-state index in [1.807, 2.05) is 13.8 Å². The van der Waals surface area contributed by atoms with Crippen molar-refractivity contribution < 1.29 is 14.3 Å². The van der Waals surface area contributed by atoms with Crippen LogP contribution in [0, 0.1) is 11.8 Å². The van der Waals surface area contributed by atoms with Gasteiger partial charge in [0.15, 0.2) is 0 Å². The number of rotatable bonds is 8. The lowest BCUT2D eigenvalue weighted by Gasteiger charge is -2.44. The van der Waals surface area contributed by atoms with Gasteiger partial charge in [0.2, 0.25) is 0 Å². The van der Waals surface area contributed by atoms with E-state index in [4.69, 9.17) is 9.47 Å². The maximum absolute atomic E-state index is 12.2. The number of fused-ring (bicyclic) bond motifs is 2. The van der Waals surface area contributed by atoms with Gasteiger partial charge in [0, 0.05) is 64.3 Å². The molecular weight excluding hydrogens is 256 g/mol. The fourth-order valence-electron chi connectivity index (χ4n) is 3.25. The summed E-state index contributed by atoms with van der Waals surface area (Å²) < 4.78 is 10.8. The van der Waals surface area contributed by atoms with Crippen molar-refractivity contribution in [2.24, 2.45) is 11.8 Å². The van der Waals surface area contributed by atoms with Crippen LogP contribution in [0.3, 0.4) is 0 Å². The number of nitrogens with zero attached hydrogens (tertiary/aromatic N) is 2. The Kier molecular flexibility index (Phi) is 6.42. The molecule has 20 heavy (non-hydrogen) atoms. The Hall–Kier alpha value is -0.490. The molecule has 0 spiro atoms. The summed E-state index contributed by atoms with van der Waals surface area (Å²) in [5.41, 5.74) is 0. The molecule has 0 atom stereocenters. The highest BCUT2D eigenvalue weighted by molar-refractivity contribution is 5.85. The van der Waals surface area contributed by atoms with Crippen LogP contribution in [0.15, 0.2) is 0 Å². The second-order valence-corrected chi connectivity index (χ2v) is 5.71. The third-order valence-corrected chi connectivity index (χ3v) is 4.23. The van der Waals surface area contributed by atoms with Crippen molar-refractivity contribution in [3.63, 3.8) is 0 Å². The number of carbonyl (C=O) groups is 1. The van der Waals surface area contributed by atoms with Crippen LogP contribution in [-0.4, -0.2) is 81.3 Å². The Morgan fingerprint density at radius 2 is 1.30 bits per heavy atom. The molecule has 0 aromatic heterocycles. The Labute approximate surface area is 122 Å². The molecule has 0 aromatic carbocycles. The zero-order valence-corrected chi connectivity index (χ0v) is 12.8. The molecule has 0 aromatic rings. The van der Waals surface area contributed by atoms with Gasteiger partial charge in [0.1, 0.15) is 5.78 Å². The maximum atomic E-state index is 12.2. The SMILES string of the molecule is CCOCCN1CC2CN(CCOCC)CC(C1)C2=O. The van der Waals surface area contributed by atoms with Crippen LogP contribution >= 0.6 is 0 Å². The highest BCUT2D eigenvalue weighted by atomic mass is 16.5. The highest BCUT2D eigenvalue weighted by Gasteiger charge is 2.40. The van der Waals surface area contributed by atoms with E-state index in [0.717, 1.165) is 65.7 Å². The second-order valence-electron chi connectivity index (χ2n) is 5.71. The fraction of sp³-hybridized carbons (Fsp3) is 0.933. The van der Waals surface area contributed by atoms with Gasteiger partial charge in [-0.15, -0.1) is 0 Å². The lowest BCUT2D eigenvalue weighted by molar-refractivity contribution is -0.138. The second kappa shape index (κ2) is 8.08. The smallest absolute Gasteiger partial charge is 0.144 e. The number of ether oxygens (including phenoxy) is 2. The van der Waals surface area contributed by atoms with Gasteiger partial charge in [-0.25, -0.2) is 0 Å². The molecule has 2 bridgehead atoms. The van der Waals surface area contributed by atoms with Gasteiger partial charge < -0.3 is 9.47 Å². The molecule has 0 N–H and O–H groups in total. The number of ketones is 1. The van der Waals surface area contributed by atoms with Gasteiger partial charge in [-0.3, -0.25) is 14.6 Å². The average Bonchev–Trinajstić information content (AvgIpc) is 2.41. The lowest BCUT2D eigenvalue weighted by atomic mass is 9.83.